The quantitative estimate of drug-likeness (QED) is 0.783. The number of hydrogen-bond acceptors (Lipinski definition) is 7. The molecule has 3 aliphatic heterocycles. The summed E-state index contributed by atoms with van der Waals surface area (Å²) in [5.41, 5.74) is 7.71. The van der Waals surface area contributed by atoms with Crippen molar-refractivity contribution in [2.45, 2.75) is 43.4 Å². The van der Waals surface area contributed by atoms with Crippen molar-refractivity contribution in [3.8, 4) is 0 Å². The third-order valence-electron chi connectivity index (χ3n) is 6.45. The molecule has 0 amide bonds. The fourth-order valence-corrected chi connectivity index (χ4v) is 4.89. The van der Waals surface area contributed by atoms with Gasteiger partial charge in [-0.15, -0.1) is 0 Å². The van der Waals surface area contributed by atoms with Crippen molar-refractivity contribution in [3.63, 3.8) is 0 Å². The summed E-state index contributed by atoms with van der Waals surface area (Å²) >= 11 is 0. The van der Waals surface area contributed by atoms with Crippen LogP contribution >= 0.6 is 0 Å². The molecule has 0 saturated carbocycles. The first-order valence-corrected chi connectivity index (χ1v) is 10.6. The molecule has 0 bridgehead atoms. The normalized spacial score (nSPS) is 30.4. The highest BCUT2D eigenvalue weighted by Crippen LogP contribution is 2.34. The summed E-state index contributed by atoms with van der Waals surface area (Å²) in [5, 5.41) is 4.32. The number of nitrogens with two attached hydrogens (primary N) is 1. The van der Waals surface area contributed by atoms with Crippen LogP contribution in [0.25, 0.3) is 5.52 Å². The van der Waals surface area contributed by atoms with Crippen molar-refractivity contribution >= 4 is 11.3 Å². The van der Waals surface area contributed by atoms with Crippen LogP contribution in [-0.4, -0.2) is 88.4 Å². The Hall–Kier alpha value is -1.88. The lowest BCUT2D eigenvalue weighted by Crippen LogP contribution is -2.53. The largest absolute Gasteiger partial charge is 0.382 e. The van der Waals surface area contributed by atoms with Crippen molar-refractivity contribution in [1.82, 2.24) is 24.4 Å². The zero-order chi connectivity index (χ0) is 20.7. The van der Waals surface area contributed by atoms with Gasteiger partial charge in [-0.1, -0.05) is 0 Å². The second-order valence-corrected chi connectivity index (χ2v) is 8.59. The second-order valence-electron chi connectivity index (χ2n) is 8.59. The third kappa shape index (κ3) is 4.01. The summed E-state index contributed by atoms with van der Waals surface area (Å²) in [5.74, 6) is -2.11. The van der Waals surface area contributed by atoms with Gasteiger partial charge in [0.2, 0.25) is 0 Å². The minimum Gasteiger partial charge on any atom is -0.382 e. The maximum Gasteiger partial charge on any atom is 0.261 e. The summed E-state index contributed by atoms with van der Waals surface area (Å²) < 4.78 is 41.0. The first-order valence-electron chi connectivity index (χ1n) is 10.6. The van der Waals surface area contributed by atoms with Gasteiger partial charge in [-0.25, -0.2) is 18.3 Å². The van der Waals surface area contributed by atoms with E-state index in [-0.39, 0.29) is 31.2 Å². The Kier molecular flexibility index (Phi) is 5.34. The van der Waals surface area contributed by atoms with Crippen molar-refractivity contribution in [3.05, 3.63) is 24.2 Å². The highest BCUT2D eigenvalue weighted by molar-refractivity contribution is 5.65. The van der Waals surface area contributed by atoms with Gasteiger partial charge in [-0.3, -0.25) is 9.80 Å². The number of rotatable bonds is 5. The van der Waals surface area contributed by atoms with E-state index in [1.165, 1.54) is 6.33 Å². The van der Waals surface area contributed by atoms with Crippen molar-refractivity contribution in [2.75, 3.05) is 51.7 Å². The molecule has 3 aliphatic rings. The molecule has 30 heavy (non-hydrogen) atoms. The van der Waals surface area contributed by atoms with E-state index in [2.05, 4.69) is 15.0 Å². The topological polar surface area (TPSA) is 81.1 Å². The number of nitrogens with zero attached hydrogens (tertiary/aromatic N) is 5. The molecule has 0 aliphatic carbocycles. The Bertz CT molecular complexity index is 893. The number of likely N-dealkylation sites (tertiary alicyclic amines) is 1. The predicted molar refractivity (Wildman–Crippen MR) is 106 cm³/mol. The fraction of sp³-hybridized carbons (Fsp3) is 0.700. The Morgan fingerprint density at radius 2 is 2.10 bits per heavy atom. The van der Waals surface area contributed by atoms with Crippen molar-refractivity contribution < 1.29 is 18.3 Å². The second kappa shape index (κ2) is 7.99. The number of nitrogen functional groups attached to an aromatic ring is 1. The van der Waals surface area contributed by atoms with E-state index in [0.717, 1.165) is 37.1 Å². The van der Waals surface area contributed by atoms with Crippen LogP contribution < -0.4 is 5.73 Å². The Balaban J connectivity index is 1.21. The molecule has 3 fully saturated rings. The molecule has 5 heterocycles. The summed E-state index contributed by atoms with van der Waals surface area (Å²) in [6.07, 6.45) is 3.33. The number of fused-ring (bicyclic) bond motifs is 1. The molecule has 2 N–H and O–H groups in total. The molecule has 0 spiro atoms. The SMILES string of the molecule is Nc1ncnn2c([C@H]3CC[C@@H](CN4CCOC[C@H]4CN4CCC(F)(F)C4)O3)ccc12. The average molecular weight is 422 g/mol. The Morgan fingerprint density at radius 1 is 1.20 bits per heavy atom. The van der Waals surface area contributed by atoms with E-state index < -0.39 is 5.92 Å². The van der Waals surface area contributed by atoms with Gasteiger partial charge in [-0.05, 0) is 25.0 Å². The number of morpholine rings is 1. The van der Waals surface area contributed by atoms with Crippen molar-refractivity contribution in [1.29, 1.82) is 0 Å². The van der Waals surface area contributed by atoms with E-state index in [1.54, 1.807) is 4.52 Å². The van der Waals surface area contributed by atoms with Gasteiger partial charge in [0, 0.05) is 38.6 Å². The zero-order valence-corrected chi connectivity index (χ0v) is 16.9. The summed E-state index contributed by atoms with van der Waals surface area (Å²) in [6, 6.07) is 4.04. The summed E-state index contributed by atoms with van der Waals surface area (Å²) in [6.45, 7) is 3.76. The highest BCUT2D eigenvalue weighted by atomic mass is 19.3. The lowest BCUT2D eigenvalue weighted by atomic mass is 10.1. The van der Waals surface area contributed by atoms with Gasteiger partial charge in [0.1, 0.15) is 17.9 Å². The molecule has 5 rings (SSSR count). The van der Waals surface area contributed by atoms with Gasteiger partial charge in [0.25, 0.3) is 5.92 Å². The molecule has 0 unspecified atom stereocenters. The molecule has 10 heteroatoms. The number of anilines is 1. The van der Waals surface area contributed by atoms with Crippen LogP contribution in [-0.2, 0) is 9.47 Å². The van der Waals surface area contributed by atoms with E-state index in [4.69, 9.17) is 15.2 Å². The van der Waals surface area contributed by atoms with E-state index in [9.17, 15) is 8.78 Å². The molecular weight excluding hydrogens is 394 g/mol. The summed E-state index contributed by atoms with van der Waals surface area (Å²) in [4.78, 5) is 8.25. The Morgan fingerprint density at radius 3 is 2.93 bits per heavy atom. The van der Waals surface area contributed by atoms with Gasteiger partial charge in [0.15, 0.2) is 5.82 Å². The van der Waals surface area contributed by atoms with E-state index in [0.29, 0.717) is 32.1 Å². The lowest BCUT2D eigenvalue weighted by Gasteiger charge is -2.38. The highest BCUT2D eigenvalue weighted by Gasteiger charge is 2.40. The number of halogens is 2. The van der Waals surface area contributed by atoms with Crippen LogP contribution in [0.15, 0.2) is 18.5 Å². The Labute approximate surface area is 173 Å². The maximum absolute atomic E-state index is 13.6. The number of alkyl halides is 2. The lowest BCUT2D eigenvalue weighted by molar-refractivity contribution is -0.0519. The van der Waals surface area contributed by atoms with Crippen LogP contribution in [0.1, 0.15) is 31.1 Å². The molecule has 164 valence electrons. The number of hydrogen-bond donors (Lipinski definition) is 1. The third-order valence-corrected chi connectivity index (χ3v) is 6.45. The van der Waals surface area contributed by atoms with E-state index >= 15 is 0 Å². The monoisotopic (exact) mass is 422 g/mol. The minimum absolute atomic E-state index is 0.0384. The first-order chi connectivity index (χ1) is 14.5. The zero-order valence-electron chi connectivity index (χ0n) is 16.9. The van der Waals surface area contributed by atoms with Crippen LogP contribution in [0.2, 0.25) is 0 Å². The van der Waals surface area contributed by atoms with Crippen LogP contribution in [0.4, 0.5) is 14.6 Å². The van der Waals surface area contributed by atoms with Crippen LogP contribution in [0.5, 0.6) is 0 Å². The molecular formula is C20H28F2N6O2. The average Bonchev–Trinajstić information content (AvgIpc) is 3.42. The molecule has 0 radical (unpaired) electrons. The molecule has 2 aromatic heterocycles. The number of ether oxygens (including phenoxy) is 2. The molecule has 0 aromatic carbocycles. The molecule has 3 saturated heterocycles. The predicted octanol–water partition coefficient (Wildman–Crippen LogP) is 1.57. The van der Waals surface area contributed by atoms with Gasteiger partial charge < -0.3 is 15.2 Å². The van der Waals surface area contributed by atoms with E-state index in [1.807, 2.05) is 17.0 Å². The smallest absolute Gasteiger partial charge is 0.261 e. The minimum atomic E-state index is -2.56. The maximum atomic E-state index is 13.6. The number of aromatic nitrogens is 3. The molecule has 2 aromatic rings. The first kappa shape index (κ1) is 20.0. The van der Waals surface area contributed by atoms with Gasteiger partial charge >= 0.3 is 0 Å². The van der Waals surface area contributed by atoms with Gasteiger partial charge in [-0.2, -0.15) is 5.10 Å². The van der Waals surface area contributed by atoms with Crippen molar-refractivity contribution in [2.24, 2.45) is 0 Å². The summed E-state index contributed by atoms with van der Waals surface area (Å²) in [7, 11) is 0. The van der Waals surface area contributed by atoms with Crippen LogP contribution in [0.3, 0.4) is 0 Å². The molecule has 3 atom stereocenters. The fourth-order valence-electron chi connectivity index (χ4n) is 4.89. The van der Waals surface area contributed by atoms with Gasteiger partial charge in [0.05, 0.1) is 31.6 Å². The van der Waals surface area contributed by atoms with Crippen LogP contribution in [0, 0.1) is 0 Å². The standard InChI is InChI=1S/C20H28F2N6O2/c21-20(22)5-6-26(12-20)9-14-11-29-8-7-27(14)10-15-1-4-18(30-15)16-2-3-17-19(23)24-13-25-28(16)17/h2-3,13-15,18H,1,4-12H2,(H2,23,24,25)/t14-,15+,18-/m1/s1. The molecule has 8 nitrogen and oxygen atoms in total.